The van der Waals surface area contributed by atoms with Gasteiger partial charge in [-0.25, -0.2) is 0 Å². The fourth-order valence-electron chi connectivity index (χ4n) is 2.91. The van der Waals surface area contributed by atoms with Gasteiger partial charge < -0.3 is 15.8 Å². The third kappa shape index (κ3) is 2.72. The SMILES string of the molecule is CCCNC(c1cnccc1N)C1COc2ccccc21. The highest BCUT2D eigenvalue weighted by atomic mass is 16.5. The van der Waals surface area contributed by atoms with Gasteiger partial charge in [0.25, 0.3) is 0 Å². The average Bonchev–Trinajstić information content (AvgIpc) is 2.93. The molecular formula is C17H21N3O. The predicted octanol–water partition coefficient (Wildman–Crippen LogP) is 2.88. The van der Waals surface area contributed by atoms with E-state index < -0.39 is 0 Å². The molecule has 0 radical (unpaired) electrons. The molecule has 1 aliphatic heterocycles. The van der Waals surface area contributed by atoms with Gasteiger partial charge in [0.15, 0.2) is 0 Å². The van der Waals surface area contributed by atoms with Crippen molar-refractivity contribution in [3.63, 3.8) is 0 Å². The normalized spacial score (nSPS) is 18.0. The number of benzene rings is 1. The van der Waals surface area contributed by atoms with Crippen molar-refractivity contribution in [3.05, 3.63) is 53.9 Å². The summed E-state index contributed by atoms with van der Waals surface area (Å²) in [4.78, 5) is 4.24. The lowest BCUT2D eigenvalue weighted by atomic mass is 9.88. The van der Waals surface area contributed by atoms with Crippen LogP contribution in [0.15, 0.2) is 42.7 Å². The van der Waals surface area contributed by atoms with Crippen LogP contribution in [0.2, 0.25) is 0 Å². The lowest BCUT2D eigenvalue weighted by Crippen LogP contribution is -2.29. The number of nitrogens with one attached hydrogen (secondary N) is 1. The van der Waals surface area contributed by atoms with Crippen LogP contribution in [-0.2, 0) is 0 Å². The molecule has 4 heteroatoms. The van der Waals surface area contributed by atoms with Crippen molar-refractivity contribution in [3.8, 4) is 5.75 Å². The molecule has 2 aromatic rings. The van der Waals surface area contributed by atoms with Crippen LogP contribution >= 0.6 is 0 Å². The van der Waals surface area contributed by atoms with Gasteiger partial charge in [0.05, 0.1) is 6.61 Å². The molecule has 1 aromatic heterocycles. The highest BCUT2D eigenvalue weighted by Gasteiger charge is 2.32. The van der Waals surface area contributed by atoms with Crippen LogP contribution < -0.4 is 15.8 Å². The summed E-state index contributed by atoms with van der Waals surface area (Å²) in [7, 11) is 0. The zero-order chi connectivity index (χ0) is 14.7. The van der Waals surface area contributed by atoms with E-state index in [2.05, 4.69) is 29.4 Å². The van der Waals surface area contributed by atoms with Gasteiger partial charge in [-0.15, -0.1) is 0 Å². The number of fused-ring (bicyclic) bond motifs is 1. The molecule has 3 rings (SSSR count). The molecule has 0 bridgehead atoms. The predicted molar refractivity (Wildman–Crippen MR) is 84.4 cm³/mol. The van der Waals surface area contributed by atoms with Crippen LogP contribution in [0, 0.1) is 0 Å². The highest BCUT2D eigenvalue weighted by Crippen LogP contribution is 2.42. The maximum atomic E-state index is 6.16. The fraction of sp³-hybridized carbons (Fsp3) is 0.353. The molecule has 0 spiro atoms. The smallest absolute Gasteiger partial charge is 0.122 e. The first-order valence-electron chi connectivity index (χ1n) is 7.45. The van der Waals surface area contributed by atoms with Gasteiger partial charge in [0.2, 0.25) is 0 Å². The van der Waals surface area contributed by atoms with E-state index in [0.29, 0.717) is 6.61 Å². The first-order valence-corrected chi connectivity index (χ1v) is 7.45. The summed E-state index contributed by atoms with van der Waals surface area (Å²) in [6.07, 6.45) is 4.67. The number of aromatic nitrogens is 1. The summed E-state index contributed by atoms with van der Waals surface area (Å²) in [5.74, 6) is 1.24. The van der Waals surface area contributed by atoms with E-state index >= 15 is 0 Å². The van der Waals surface area contributed by atoms with Crippen LogP contribution in [-0.4, -0.2) is 18.1 Å². The largest absolute Gasteiger partial charge is 0.493 e. The molecule has 0 amide bonds. The highest BCUT2D eigenvalue weighted by molar-refractivity contribution is 5.50. The first-order chi connectivity index (χ1) is 10.3. The minimum Gasteiger partial charge on any atom is -0.493 e. The number of pyridine rings is 1. The Morgan fingerprint density at radius 2 is 2.24 bits per heavy atom. The van der Waals surface area contributed by atoms with E-state index in [0.717, 1.165) is 30.0 Å². The Bertz CT molecular complexity index is 614. The van der Waals surface area contributed by atoms with Crippen LogP contribution in [0.5, 0.6) is 5.75 Å². The van der Waals surface area contributed by atoms with Crippen LogP contribution in [0.4, 0.5) is 5.69 Å². The van der Waals surface area contributed by atoms with Crippen molar-refractivity contribution in [2.24, 2.45) is 0 Å². The summed E-state index contributed by atoms with van der Waals surface area (Å²) in [5, 5.41) is 3.61. The van der Waals surface area contributed by atoms with Crippen LogP contribution in [0.3, 0.4) is 0 Å². The standard InChI is InChI=1S/C17H21N3O/c1-2-8-20-17(13-10-19-9-7-15(13)18)14-11-21-16-6-4-3-5-12(14)16/h3-7,9-10,14,17,20H,2,8,11H2,1H3,(H2,18,19). The second-order valence-electron chi connectivity index (χ2n) is 5.39. The number of anilines is 1. The quantitative estimate of drug-likeness (QED) is 0.886. The summed E-state index contributed by atoms with van der Waals surface area (Å²) >= 11 is 0. The number of hydrogen-bond acceptors (Lipinski definition) is 4. The molecule has 0 fully saturated rings. The average molecular weight is 283 g/mol. The van der Waals surface area contributed by atoms with Crippen LogP contribution in [0.1, 0.15) is 36.4 Å². The molecule has 2 unspecified atom stereocenters. The Kier molecular flexibility index (Phi) is 4.06. The van der Waals surface area contributed by atoms with Gasteiger partial charge in [0.1, 0.15) is 5.75 Å². The minimum absolute atomic E-state index is 0.127. The lowest BCUT2D eigenvalue weighted by molar-refractivity contribution is 0.299. The Morgan fingerprint density at radius 1 is 1.38 bits per heavy atom. The van der Waals surface area contributed by atoms with Crippen molar-refractivity contribution < 1.29 is 4.74 Å². The molecule has 1 aromatic carbocycles. The monoisotopic (exact) mass is 283 g/mol. The third-order valence-corrected chi connectivity index (χ3v) is 3.98. The lowest BCUT2D eigenvalue weighted by Gasteiger charge is -2.25. The zero-order valence-electron chi connectivity index (χ0n) is 12.3. The summed E-state index contributed by atoms with van der Waals surface area (Å²) in [6.45, 7) is 3.78. The van der Waals surface area contributed by atoms with Crippen molar-refractivity contribution in [2.75, 3.05) is 18.9 Å². The number of hydrogen-bond donors (Lipinski definition) is 2. The Hall–Kier alpha value is -2.07. The molecule has 0 saturated carbocycles. The number of para-hydroxylation sites is 1. The Balaban J connectivity index is 1.96. The molecule has 4 nitrogen and oxygen atoms in total. The number of rotatable bonds is 5. The van der Waals surface area contributed by atoms with Crippen molar-refractivity contribution in [2.45, 2.75) is 25.3 Å². The number of nitrogens with zero attached hydrogens (tertiary/aromatic N) is 1. The zero-order valence-corrected chi connectivity index (χ0v) is 12.3. The second kappa shape index (κ2) is 6.14. The molecule has 1 aliphatic rings. The van der Waals surface area contributed by atoms with Gasteiger partial charge in [-0.1, -0.05) is 25.1 Å². The van der Waals surface area contributed by atoms with E-state index in [1.165, 1.54) is 5.56 Å². The van der Waals surface area contributed by atoms with E-state index in [4.69, 9.17) is 10.5 Å². The van der Waals surface area contributed by atoms with Crippen molar-refractivity contribution in [1.82, 2.24) is 10.3 Å². The summed E-state index contributed by atoms with van der Waals surface area (Å²) in [6, 6.07) is 10.2. The second-order valence-corrected chi connectivity index (χ2v) is 5.39. The Labute approximate surface area is 125 Å². The van der Waals surface area contributed by atoms with Gasteiger partial charge in [-0.05, 0) is 25.1 Å². The van der Waals surface area contributed by atoms with Crippen molar-refractivity contribution >= 4 is 5.69 Å². The molecule has 2 heterocycles. The van der Waals surface area contributed by atoms with E-state index in [9.17, 15) is 0 Å². The first kappa shape index (κ1) is 13.9. The molecular weight excluding hydrogens is 262 g/mol. The third-order valence-electron chi connectivity index (χ3n) is 3.98. The maximum absolute atomic E-state index is 6.16. The number of nitrogen functional groups attached to an aromatic ring is 1. The molecule has 0 aliphatic carbocycles. The minimum atomic E-state index is 0.127. The molecule has 110 valence electrons. The van der Waals surface area contributed by atoms with Gasteiger partial charge in [-0.2, -0.15) is 0 Å². The van der Waals surface area contributed by atoms with Gasteiger partial charge in [0, 0.05) is 41.2 Å². The Morgan fingerprint density at radius 3 is 3.05 bits per heavy atom. The van der Waals surface area contributed by atoms with Crippen molar-refractivity contribution in [1.29, 1.82) is 0 Å². The van der Waals surface area contributed by atoms with Crippen LogP contribution in [0.25, 0.3) is 0 Å². The summed E-state index contributed by atoms with van der Waals surface area (Å²) in [5.41, 5.74) is 9.24. The van der Waals surface area contributed by atoms with E-state index in [1.807, 2.05) is 24.4 Å². The van der Waals surface area contributed by atoms with E-state index in [-0.39, 0.29) is 12.0 Å². The molecule has 0 saturated heterocycles. The van der Waals surface area contributed by atoms with E-state index in [1.54, 1.807) is 6.20 Å². The molecule has 2 atom stereocenters. The molecule has 21 heavy (non-hydrogen) atoms. The van der Waals surface area contributed by atoms with Gasteiger partial charge in [-0.3, -0.25) is 4.98 Å². The molecule has 3 N–H and O–H groups in total. The summed E-state index contributed by atoms with van der Waals surface area (Å²) < 4.78 is 5.83. The maximum Gasteiger partial charge on any atom is 0.122 e. The number of ether oxygens (including phenoxy) is 1. The fourth-order valence-corrected chi connectivity index (χ4v) is 2.91. The number of nitrogens with two attached hydrogens (primary N) is 1. The topological polar surface area (TPSA) is 60.2 Å². The van der Waals surface area contributed by atoms with Gasteiger partial charge >= 0.3 is 0 Å².